The van der Waals surface area contributed by atoms with Gasteiger partial charge in [-0.25, -0.2) is 14.2 Å². The van der Waals surface area contributed by atoms with Gasteiger partial charge in [0.05, 0.1) is 12.2 Å². The molecule has 102 valence electrons. The summed E-state index contributed by atoms with van der Waals surface area (Å²) < 4.78 is 3.27. The molecule has 0 aromatic carbocycles. The number of nitrogens with zero attached hydrogens (tertiary/aromatic N) is 6. The molecule has 0 radical (unpaired) electrons. The molecular weight excluding hydrogens is 248 g/mol. The first-order chi connectivity index (χ1) is 9.11. The van der Waals surface area contributed by atoms with Gasteiger partial charge in [-0.15, -0.1) is 5.10 Å². The number of hydrogen-bond donors (Lipinski definition) is 0. The minimum Gasteiger partial charge on any atom is -0.358 e. The summed E-state index contributed by atoms with van der Waals surface area (Å²) in [4.78, 5) is 14.4. The van der Waals surface area contributed by atoms with E-state index in [1.54, 1.807) is 16.2 Å². The standard InChI is InChI=1S/C11H16N6O2/c1-3-4-10-8-15(14-13-10)5-6-16-9(2)12-7-11(16)17(18)19/h7-8H,3-6H2,1-2H3. The van der Waals surface area contributed by atoms with Crippen LogP contribution in [0.5, 0.6) is 0 Å². The Labute approximate surface area is 110 Å². The van der Waals surface area contributed by atoms with Gasteiger partial charge in [-0.2, -0.15) is 0 Å². The van der Waals surface area contributed by atoms with Gasteiger partial charge in [0, 0.05) is 13.1 Å². The molecule has 0 N–H and O–H groups in total. The fourth-order valence-corrected chi connectivity index (χ4v) is 1.90. The third-order valence-corrected chi connectivity index (χ3v) is 2.87. The van der Waals surface area contributed by atoms with Crippen molar-refractivity contribution in [2.45, 2.75) is 39.8 Å². The highest BCUT2D eigenvalue weighted by molar-refractivity contribution is 5.18. The topological polar surface area (TPSA) is 91.7 Å². The zero-order valence-corrected chi connectivity index (χ0v) is 11.0. The van der Waals surface area contributed by atoms with Crippen molar-refractivity contribution in [3.8, 4) is 0 Å². The van der Waals surface area contributed by atoms with Crippen LogP contribution in [0.25, 0.3) is 0 Å². The zero-order valence-electron chi connectivity index (χ0n) is 11.0. The molecule has 0 unspecified atom stereocenters. The Kier molecular flexibility index (Phi) is 3.88. The molecule has 2 aromatic rings. The smallest absolute Gasteiger partial charge is 0.342 e. The third-order valence-electron chi connectivity index (χ3n) is 2.87. The Hall–Kier alpha value is -2.25. The summed E-state index contributed by atoms with van der Waals surface area (Å²) in [5.74, 6) is 0.631. The van der Waals surface area contributed by atoms with Gasteiger partial charge in [0.1, 0.15) is 12.7 Å². The van der Waals surface area contributed by atoms with Crippen LogP contribution in [0.1, 0.15) is 24.9 Å². The fourth-order valence-electron chi connectivity index (χ4n) is 1.90. The predicted octanol–water partition coefficient (Wildman–Crippen LogP) is 1.34. The van der Waals surface area contributed by atoms with Crippen LogP contribution < -0.4 is 0 Å². The molecule has 2 aromatic heterocycles. The Morgan fingerprint density at radius 3 is 2.89 bits per heavy atom. The van der Waals surface area contributed by atoms with E-state index in [-0.39, 0.29) is 5.82 Å². The zero-order chi connectivity index (χ0) is 13.8. The van der Waals surface area contributed by atoms with Gasteiger partial charge in [-0.3, -0.25) is 0 Å². The van der Waals surface area contributed by atoms with Gasteiger partial charge in [0.25, 0.3) is 0 Å². The van der Waals surface area contributed by atoms with Crippen molar-refractivity contribution in [3.63, 3.8) is 0 Å². The predicted molar refractivity (Wildman–Crippen MR) is 67.6 cm³/mol. The average Bonchev–Trinajstić information content (AvgIpc) is 2.94. The highest BCUT2D eigenvalue weighted by Crippen LogP contribution is 2.13. The summed E-state index contributed by atoms with van der Waals surface area (Å²) in [5, 5.41) is 18.9. The minimum atomic E-state index is -0.427. The van der Waals surface area contributed by atoms with Crippen LogP contribution in [0.2, 0.25) is 0 Å². The van der Waals surface area contributed by atoms with E-state index in [4.69, 9.17) is 0 Å². The van der Waals surface area contributed by atoms with Crippen LogP contribution in [0.4, 0.5) is 5.82 Å². The monoisotopic (exact) mass is 264 g/mol. The van der Waals surface area contributed by atoms with E-state index >= 15 is 0 Å². The molecule has 0 fully saturated rings. The number of aromatic nitrogens is 5. The summed E-state index contributed by atoms with van der Waals surface area (Å²) in [6, 6.07) is 0. The van der Waals surface area contributed by atoms with Gasteiger partial charge in [0.15, 0.2) is 5.82 Å². The SMILES string of the molecule is CCCc1cn(CCn2c([N+](=O)[O-])cnc2C)nn1. The van der Waals surface area contributed by atoms with E-state index in [9.17, 15) is 10.1 Å². The van der Waals surface area contributed by atoms with Crippen molar-refractivity contribution in [1.82, 2.24) is 24.5 Å². The number of imidazole rings is 1. The van der Waals surface area contributed by atoms with Crippen LogP contribution in [0.3, 0.4) is 0 Å². The largest absolute Gasteiger partial charge is 0.358 e. The first-order valence-corrected chi connectivity index (χ1v) is 6.17. The summed E-state index contributed by atoms with van der Waals surface area (Å²) in [7, 11) is 0. The maximum absolute atomic E-state index is 10.8. The molecule has 0 saturated carbocycles. The second-order valence-corrected chi connectivity index (χ2v) is 4.30. The molecule has 0 spiro atoms. The maximum Gasteiger partial charge on any atom is 0.342 e. The van der Waals surface area contributed by atoms with Crippen LogP contribution in [0, 0.1) is 17.0 Å². The number of hydrogen-bond acceptors (Lipinski definition) is 5. The molecular formula is C11H16N6O2. The summed E-state index contributed by atoms with van der Waals surface area (Å²) >= 11 is 0. The molecule has 0 saturated heterocycles. The lowest BCUT2D eigenvalue weighted by Crippen LogP contribution is -2.11. The Morgan fingerprint density at radius 2 is 2.21 bits per heavy atom. The first-order valence-electron chi connectivity index (χ1n) is 6.17. The van der Waals surface area contributed by atoms with Crippen molar-refractivity contribution >= 4 is 5.82 Å². The van der Waals surface area contributed by atoms with E-state index < -0.39 is 4.92 Å². The Balaban J connectivity index is 2.05. The van der Waals surface area contributed by atoms with Crippen LogP contribution >= 0.6 is 0 Å². The normalized spacial score (nSPS) is 10.8. The third kappa shape index (κ3) is 2.95. The molecule has 2 rings (SSSR count). The van der Waals surface area contributed by atoms with Crippen molar-refractivity contribution in [1.29, 1.82) is 0 Å². The number of aryl methyl sites for hydroxylation is 3. The summed E-state index contributed by atoms with van der Waals surface area (Å²) in [5.41, 5.74) is 0.944. The van der Waals surface area contributed by atoms with E-state index in [1.807, 2.05) is 6.20 Å². The molecule has 2 heterocycles. The number of rotatable bonds is 6. The molecule has 0 aliphatic carbocycles. The minimum absolute atomic E-state index is 0.00592. The van der Waals surface area contributed by atoms with Gasteiger partial charge in [0.2, 0.25) is 0 Å². The number of nitro groups is 1. The highest BCUT2D eigenvalue weighted by atomic mass is 16.6. The molecule has 0 aliphatic rings. The van der Waals surface area contributed by atoms with Crippen LogP contribution in [-0.2, 0) is 19.5 Å². The first kappa shape index (κ1) is 13.2. The quantitative estimate of drug-likeness (QED) is 0.580. The highest BCUT2D eigenvalue weighted by Gasteiger charge is 2.17. The van der Waals surface area contributed by atoms with Crippen LogP contribution in [0.15, 0.2) is 12.4 Å². The molecule has 8 nitrogen and oxygen atoms in total. The molecule has 0 atom stereocenters. The summed E-state index contributed by atoms with van der Waals surface area (Å²) in [6.45, 7) is 4.82. The van der Waals surface area contributed by atoms with E-state index in [0.29, 0.717) is 18.9 Å². The summed E-state index contributed by atoms with van der Waals surface area (Å²) in [6.07, 6.45) is 5.07. The molecule has 19 heavy (non-hydrogen) atoms. The lowest BCUT2D eigenvalue weighted by Gasteiger charge is -2.02. The van der Waals surface area contributed by atoms with Crippen molar-refractivity contribution < 1.29 is 4.92 Å². The Bertz CT molecular complexity index is 574. The second kappa shape index (κ2) is 5.59. The molecule has 0 aliphatic heterocycles. The van der Waals surface area contributed by atoms with E-state index in [2.05, 4.69) is 22.2 Å². The second-order valence-electron chi connectivity index (χ2n) is 4.30. The maximum atomic E-state index is 10.8. The lowest BCUT2D eigenvalue weighted by molar-refractivity contribution is -0.392. The van der Waals surface area contributed by atoms with Crippen molar-refractivity contribution in [2.75, 3.05) is 0 Å². The van der Waals surface area contributed by atoms with Gasteiger partial charge >= 0.3 is 5.82 Å². The molecule has 0 bridgehead atoms. The van der Waals surface area contributed by atoms with E-state index in [1.165, 1.54) is 6.20 Å². The van der Waals surface area contributed by atoms with Crippen LogP contribution in [-0.4, -0.2) is 29.5 Å². The Morgan fingerprint density at radius 1 is 1.42 bits per heavy atom. The average molecular weight is 264 g/mol. The van der Waals surface area contributed by atoms with Gasteiger partial charge in [-0.1, -0.05) is 18.6 Å². The van der Waals surface area contributed by atoms with E-state index in [0.717, 1.165) is 18.5 Å². The lowest BCUT2D eigenvalue weighted by atomic mass is 10.3. The van der Waals surface area contributed by atoms with Gasteiger partial charge < -0.3 is 10.1 Å². The molecule has 8 heteroatoms. The van der Waals surface area contributed by atoms with Crippen molar-refractivity contribution in [3.05, 3.63) is 34.0 Å². The van der Waals surface area contributed by atoms with Gasteiger partial charge in [-0.05, 0) is 11.3 Å². The molecule has 0 amide bonds. The fraction of sp³-hybridized carbons (Fsp3) is 0.545. The van der Waals surface area contributed by atoms with Crippen molar-refractivity contribution in [2.24, 2.45) is 0 Å².